The molecule has 1 spiro atoms. The van der Waals surface area contributed by atoms with Gasteiger partial charge in [0.1, 0.15) is 6.10 Å². The summed E-state index contributed by atoms with van der Waals surface area (Å²) in [6, 6.07) is 9.51. The van der Waals surface area contributed by atoms with Crippen molar-refractivity contribution in [2.24, 2.45) is 52.3 Å². The molecule has 6 fully saturated rings. The zero-order chi connectivity index (χ0) is 26.3. The highest BCUT2D eigenvalue weighted by atomic mass is 16.7. The molecule has 0 unspecified atom stereocenters. The summed E-state index contributed by atoms with van der Waals surface area (Å²) >= 11 is 0. The summed E-state index contributed by atoms with van der Waals surface area (Å²) in [6.07, 6.45) is 12.6. The molecule has 7 rings (SSSR count). The molecule has 38 heavy (non-hydrogen) atoms. The maximum Gasteiger partial charge on any atom is 0.338 e. The van der Waals surface area contributed by atoms with E-state index in [2.05, 4.69) is 27.7 Å². The number of carbonyl (C=O) groups excluding carboxylic acids is 1. The number of hydrogen-bond donors (Lipinski definition) is 0. The first-order chi connectivity index (χ1) is 18.2. The highest BCUT2D eigenvalue weighted by Crippen LogP contribution is 2.71. The van der Waals surface area contributed by atoms with Crippen molar-refractivity contribution in [3.63, 3.8) is 0 Å². The van der Waals surface area contributed by atoms with Crippen molar-refractivity contribution in [3.05, 3.63) is 35.9 Å². The summed E-state index contributed by atoms with van der Waals surface area (Å²) in [5, 5.41) is 0. The fourth-order valence-corrected chi connectivity index (χ4v) is 11.1. The second kappa shape index (κ2) is 9.06. The summed E-state index contributed by atoms with van der Waals surface area (Å²) in [5.74, 6) is 4.41. The van der Waals surface area contributed by atoms with Crippen LogP contribution in [0.2, 0.25) is 0 Å². The predicted octanol–water partition coefficient (Wildman–Crippen LogP) is 7.66. The lowest BCUT2D eigenvalue weighted by Gasteiger charge is -2.61. The Morgan fingerprint density at radius 1 is 0.895 bits per heavy atom. The minimum absolute atomic E-state index is 0.0701. The third kappa shape index (κ3) is 3.71. The molecular weight excluding hydrogens is 472 g/mol. The van der Waals surface area contributed by atoms with E-state index in [0.29, 0.717) is 46.2 Å². The second-order valence-electron chi connectivity index (χ2n) is 14.8. The summed E-state index contributed by atoms with van der Waals surface area (Å²) in [7, 11) is 0. The molecular formula is C34H48O4. The van der Waals surface area contributed by atoms with Crippen LogP contribution in [0, 0.1) is 52.3 Å². The molecule has 1 aromatic carbocycles. The van der Waals surface area contributed by atoms with Crippen LogP contribution in [-0.2, 0) is 14.2 Å². The number of hydrogen-bond acceptors (Lipinski definition) is 4. The van der Waals surface area contributed by atoms with Crippen LogP contribution < -0.4 is 0 Å². The molecule has 12 atom stereocenters. The minimum atomic E-state index is -0.314. The lowest BCUT2D eigenvalue weighted by Crippen LogP contribution is -2.55. The number of fused-ring (bicyclic) bond motifs is 7. The van der Waals surface area contributed by atoms with Crippen molar-refractivity contribution in [2.45, 2.75) is 110 Å². The van der Waals surface area contributed by atoms with E-state index in [0.717, 1.165) is 43.6 Å². The average Bonchev–Trinajstić information content (AvgIpc) is 3.36. The van der Waals surface area contributed by atoms with Crippen molar-refractivity contribution in [1.82, 2.24) is 0 Å². The molecule has 1 aromatic rings. The molecule has 4 heteroatoms. The quantitative estimate of drug-likeness (QED) is 0.376. The Morgan fingerprint density at radius 3 is 2.45 bits per heavy atom. The van der Waals surface area contributed by atoms with Crippen LogP contribution in [0.15, 0.2) is 30.3 Å². The Bertz CT molecular complexity index is 1050. The topological polar surface area (TPSA) is 44.8 Å². The fourth-order valence-electron chi connectivity index (χ4n) is 11.1. The summed E-state index contributed by atoms with van der Waals surface area (Å²) in [6.45, 7) is 10.9. The maximum absolute atomic E-state index is 12.7. The number of ether oxygens (including phenoxy) is 3. The van der Waals surface area contributed by atoms with Crippen LogP contribution in [0.5, 0.6) is 0 Å². The predicted molar refractivity (Wildman–Crippen MR) is 147 cm³/mol. The van der Waals surface area contributed by atoms with Gasteiger partial charge in [-0.15, -0.1) is 0 Å². The van der Waals surface area contributed by atoms with E-state index < -0.39 is 0 Å². The van der Waals surface area contributed by atoms with Crippen molar-refractivity contribution in [2.75, 3.05) is 6.61 Å². The minimum Gasteiger partial charge on any atom is -0.459 e. The fraction of sp³-hybridized carbons (Fsp3) is 0.794. The summed E-state index contributed by atoms with van der Waals surface area (Å²) < 4.78 is 19.5. The van der Waals surface area contributed by atoms with E-state index in [4.69, 9.17) is 14.2 Å². The maximum atomic E-state index is 12.7. The standard InChI is InChI=1S/C34H48O4/c1-21-12-17-34(36-20-21)22(2)30-29(38-34)19-28-26-11-10-24-18-25(37-31(35)23-8-6-5-7-9-23)13-15-32(24,3)27(26)14-16-33(28,30)4/h5-9,21-22,24-30H,10-20H2,1-4H3/t21-,22+,24+,25-,26-,27-,28-,29+,30+,32+,33+,34-/m1/s1. The van der Waals surface area contributed by atoms with Crippen molar-refractivity contribution in [3.8, 4) is 0 Å². The zero-order valence-electron chi connectivity index (χ0n) is 24.0. The van der Waals surface area contributed by atoms with Gasteiger partial charge in [-0.25, -0.2) is 4.79 Å². The van der Waals surface area contributed by atoms with Gasteiger partial charge in [0.05, 0.1) is 18.3 Å². The monoisotopic (exact) mass is 520 g/mol. The van der Waals surface area contributed by atoms with Gasteiger partial charge in [0.15, 0.2) is 5.79 Å². The van der Waals surface area contributed by atoms with Crippen LogP contribution in [0.4, 0.5) is 0 Å². The summed E-state index contributed by atoms with van der Waals surface area (Å²) in [5.41, 5.74) is 1.44. The van der Waals surface area contributed by atoms with Crippen molar-refractivity contribution >= 4 is 5.97 Å². The molecule has 4 nitrogen and oxygen atoms in total. The molecule has 2 aliphatic heterocycles. The highest BCUT2D eigenvalue weighted by molar-refractivity contribution is 5.89. The third-order valence-corrected chi connectivity index (χ3v) is 13.2. The van der Waals surface area contributed by atoms with Gasteiger partial charge in [0, 0.05) is 12.3 Å². The number of benzene rings is 1. The van der Waals surface area contributed by atoms with E-state index in [9.17, 15) is 4.79 Å². The molecule has 2 saturated heterocycles. The Labute approximate surface area is 229 Å². The lowest BCUT2D eigenvalue weighted by atomic mass is 9.44. The highest BCUT2D eigenvalue weighted by Gasteiger charge is 2.69. The number of esters is 1. The summed E-state index contributed by atoms with van der Waals surface area (Å²) in [4.78, 5) is 12.7. The molecule has 0 radical (unpaired) electrons. The molecule has 6 aliphatic rings. The first-order valence-electron chi connectivity index (χ1n) is 15.8. The lowest BCUT2D eigenvalue weighted by molar-refractivity contribution is -0.273. The van der Waals surface area contributed by atoms with E-state index >= 15 is 0 Å². The Morgan fingerprint density at radius 2 is 1.68 bits per heavy atom. The van der Waals surface area contributed by atoms with Crippen molar-refractivity contribution < 1.29 is 19.0 Å². The van der Waals surface area contributed by atoms with Crippen molar-refractivity contribution in [1.29, 1.82) is 0 Å². The van der Waals surface area contributed by atoms with Crippen LogP contribution in [0.25, 0.3) is 0 Å². The Hall–Kier alpha value is -1.39. The van der Waals surface area contributed by atoms with Crippen LogP contribution in [0.1, 0.15) is 102 Å². The van der Waals surface area contributed by atoms with Gasteiger partial charge in [-0.3, -0.25) is 0 Å². The van der Waals surface area contributed by atoms with Gasteiger partial charge in [-0.2, -0.15) is 0 Å². The van der Waals surface area contributed by atoms with Gasteiger partial charge in [0.2, 0.25) is 0 Å². The zero-order valence-corrected chi connectivity index (χ0v) is 24.0. The Balaban J connectivity index is 1.05. The van der Waals surface area contributed by atoms with Crippen LogP contribution >= 0.6 is 0 Å². The molecule has 0 aromatic heterocycles. The van der Waals surface area contributed by atoms with E-state index in [1.165, 1.54) is 44.9 Å². The van der Waals surface area contributed by atoms with E-state index in [1.807, 2.05) is 30.3 Å². The van der Waals surface area contributed by atoms with E-state index in [1.54, 1.807) is 0 Å². The molecule has 4 saturated carbocycles. The van der Waals surface area contributed by atoms with Gasteiger partial charge in [0.25, 0.3) is 0 Å². The molecule has 0 amide bonds. The van der Waals surface area contributed by atoms with Gasteiger partial charge < -0.3 is 14.2 Å². The largest absolute Gasteiger partial charge is 0.459 e. The molecule has 0 N–H and O–H groups in total. The first-order valence-corrected chi connectivity index (χ1v) is 15.8. The SMILES string of the molecule is C[C@@H]1CC[C@@]2(OC1)O[C@H]1C[C@@H]3[C@@H]4CC[C@H]5C[C@H](OC(=O)c6ccccc6)CC[C@]5(C)[C@@H]4CC[C@]3(C)[C@H]1[C@@H]2C. The molecule has 208 valence electrons. The first kappa shape index (κ1) is 25.6. The molecule has 2 heterocycles. The van der Waals surface area contributed by atoms with Crippen LogP contribution in [-0.4, -0.2) is 30.6 Å². The van der Waals surface area contributed by atoms with Crippen LogP contribution in [0.3, 0.4) is 0 Å². The van der Waals surface area contributed by atoms with Gasteiger partial charge in [-0.1, -0.05) is 45.9 Å². The second-order valence-corrected chi connectivity index (χ2v) is 14.8. The van der Waals surface area contributed by atoms with Gasteiger partial charge in [-0.05, 0) is 116 Å². The Kier molecular flexibility index (Phi) is 6.10. The molecule has 4 aliphatic carbocycles. The third-order valence-electron chi connectivity index (χ3n) is 13.2. The smallest absolute Gasteiger partial charge is 0.338 e. The number of rotatable bonds is 2. The average molecular weight is 521 g/mol. The number of carbonyl (C=O) groups is 1. The van der Waals surface area contributed by atoms with Gasteiger partial charge >= 0.3 is 5.97 Å². The normalized spacial score (nSPS) is 51.5. The van der Waals surface area contributed by atoms with E-state index in [-0.39, 0.29) is 17.9 Å². The molecule has 0 bridgehead atoms.